The molecule has 0 aliphatic carbocycles. The summed E-state index contributed by atoms with van der Waals surface area (Å²) in [6.45, 7) is 6.07. The van der Waals surface area contributed by atoms with E-state index in [9.17, 15) is 13.2 Å². The Bertz CT molecular complexity index is 619. The Morgan fingerprint density at radius 1 is 1.45 bits per heavy atom. The van der Waals surface area contributed by atoms with Crippen LogP contribution < -0.4 is 5.32 Å². The number of rotatable bonds is 4. The van der Waals surface area contributed by atoms with E-state index in [1.165, 1.54) is 0 Å². The second-order valence-corrected chi connectivity index (χ2v) is 7.51. The van der Waals surface area contributed by atoms with Crippen molar-refractivity contribution >= 4 is 15.7 Å². The third-order valence-corrected chi connectivity index (χ3v) is 5.56. The van der Waals surface area contributed by atoms with Crippen LogP contribution in [0.15, 0.2) is 0 Å². The van der Waals surface area contributed by atoms with Crippen molar-refractivity contribution in [2.45, 2.75) is 46.2 Å². The lowest BCUT2D eigenvalue weighted by molar-refractivity contribution is -0.120. The van der Waals surface area contributed by atoms with Gasteiger partial charge in [0.25, 0.3) is 0 Å². The first-order valence-corrected chi connectivity index (χ1v) is 8.68. The molecule has 112 valence electrons. The maximum absolute atomic E-state index is 11.6. The number of hydrogen-bond donors (Lipinski definition) is 1. The van der Waals surface area contributed by atoms with Crippen molar-refractivity contribution < 1.29 is 13.2 Å². The Morgan fingerprint density at radius 2 is 2.15 bits per heavy atom. The summed E-state index contributed by atoms with van der Waals surface area (Å²) in [7, 11) is -2.92. The summed E-state index contributed by atoms with van der Waals surface area (Å²) < 4.78 is 25.0. The molecule has 1 aromatic rings. The first-order valence-electron chi connectivity index (χ1n) is 6.85. The highest BCUT2D eigenvalue weighted by molar-refractivity contribution is 7.91. The van der Waals surface area contributed by atoms with Crippen LogP contribution in [0.1, 0.15) is 42.8 Å². The molecular formula is C13H21N3O3S. The molecule has 1 unspecified atom stereocenters. The molecule has 1 fully saturated rings. The Kier molecular flexibility index (Phi) is 4.17. The number of aromatic nitrogens is 2. The van der Waals surface area contributed by atoms with Crippen LogP contribution >= 0.6 is 0 Å². The van der Waals surface area contributed by atoms with Crippen LogP contribution in [0.25, 0.3) is 0 Å². The summed E-state index contributed by atoms with van der Waals surface area (Å²) in [5, 5.41) is 7.30. The number of carbonyl (C=O) groups excluding carboxylic acids is 1. The average Bonchev–Trinajstić information content (AvgIpc) is 2.87. The smallest absolute Gasteiger partial charge is 0.219 e. The third-order valence-electron chi connectivity index (χ3n) is 3.81. The van der Waals surface area contributed by atoms with Gasteiger partial charge in [0.15, 0.2) is 9.84 Å². The lowest BCUT2D eigenvalue weighted by Gasteiger charge is -2.11. The van der Waals surface area contributed by atoms with E-state index in [4.69, 9.17) is 0 Å². The lowest BCUT2D eigenvalue weighted by atomic mass is 10.2. The van der Waals surface area contributed by atoms with Gasteiger partial charge in [0.2, 0.25) is 5.91 Å². The minimum Gasteiger partial charge on any atom is -0.352 e. The van der Waals surface area contributed by atoms with Crippen molar-refractivity contribution in [3.8, 4) is 0 Å². The average molecular weight is 299 g/mol. The molecule has 20 heavy (non-hydrogen) atoms. The van der Waals surface area contributed by atoms with Crippen molar-refractivity contribution in [3.63, 3.8) is 0 Å². The molecule has 1 aliphatic rings. The van der Waals surface area contributed by atoms with Crippen LogP contribution in [-0.2, 0) is 21.2 Å². The highest BCUT2D eigenvalue weighted by Gasteiger charge is 2.31. The number of sulfone groups is 1. The fourth-order valence-electron chi connectivity index (χ4n) is 2.59. The zero-order chi connectivity index (χ0) is 14.9. The maximum atomic E-state index is 11.6. The molecule has 0 radical (unpaired) electrons. The molecule has 2 rings (SSSR count). The van der Waals surface area contributed by atoms with E-state index >= 15 is 0 Å². The Hall–Kier alpha value is -1.37. The predicted octanol–water partition coefficient (Wildman–Crippen LogP) is 0.886. The Balaban J connectivity index is 2.19. The van der Waals surface area contributed by atoms with Crippen molar-refractivity contribution in [1.82, 2.24) is 15.1 Å². The molecule has 7 heteroatoms. The number of hydrogen-bond acceptors (Lipinski definition) is 4. The Morgan fingerprint density at radius 3 is 2.70 bits per heavy atom. The molecule has 6 nitrogen and oxygen atoms in total. The summed E-state index contributed by atoms with van der Waals surface area (Å²) in [6, 6.07) is -0.0747. The standard InChI is InChI=1S/C13H21N3O3S/c1-4-13(17)14-7-12-9(2)15-16(10(12)3)11-5-6-20(18,19)8-11/h11H,4-8H2,1-3H3,(H,14,17). The fourth-order valence-corrected chi connectivity index (χ4v) is 4.28. The summed E-state index contributed by atoms with van der Waals surface area (Å²) >= 11 is 0. The molecule has 1 aromatic heterocycles. The topological polar surface area (TPSA) is 81.1 Å². The van der Waals surface area contributed by atoms with Gasteiger partial charge in [0.1, 0.15) is 0 Å². The van der Waals surface area contributed by atoms with Crippen LogP contribution in [0.5, 0.6) is 0 Å². The lowest BCUT2D eigenvalue weighted by Crippen LogP contribution is -2.22. The van der Waals surface area contributed by atoms with E-state index in [0.29, 0.717) is 19.4 Å². The van der Waals surface area contributed by atoms with Crippen LogP contribution in [0.4, 0.5) is 0 Å². The number of amides is 1. The number of aryl methyl sites for hydroxylation is 1. The van der Waals surface area contributed by atoms with Crippen molar-refractivity contribution in [2.24, 2.45) is 0 Å². The second-order valence-electron chi connectivity index (χ2n) is 5.28. The fraction of sp³-hybridized carbons (Fsp3) is 0.692. The molecule has 1 saturated heterocycles. The second kappa shape index (κ2) is 5.55. The van der Waals surface area contributed by atoms with Gasteiger partial charge >= 0.3 is 0 Å². The zero-order valence-corrected chi connectivity index (χ0v) is 13.0. The van der Waals surface area contributed by atoms with Crippen molar-refractivity contribution in [1.29, 1.82) is 0 Å². The minimum atomic E-state index is -2.92. The minimum absolute atomic E-state index is 0.00000541. The van der Waals surface area contributed by atoms with Crippen LogP contribution in [0.3, 0.4) is 0 Å². The van der Waals surface area contributed by atoms with E-state index in [1.807, 2.05) is 25.5 Å². The SMILES string of the molecule is CCC(=O)NCc1c(C)nn(C2CCS(=O)(=O)C2)c1C. The van der Waals surface area contributed by atoms with Gasteiger partial charge in [0, 0.05) is 24.2 Å². The Labute approximate surface area is 119 Å². The van der Waals surface area contributed by atoms with E-state index in [0.717, 1.165) is 17.0 Å². The van der Waals surface area contributed by atoms with Crippen LogP contribution in [-0.4, -0.2) is 35.6 Å². The van der Waals surface area contributed by atoms with E-state index in [2.05, 4.69) is 10.4 Å². The van der Waals surface area contributed by atoms with Gasteiger partial charge in [0.05, 0.1) is 23.2 Å². The first-order chi connectivity index (χ1) is 9.34. The molecule has 0 saturated carbocycles. The van der Waals surface area contributed by atoms with E-state index in [-0.39, 0.29) is 23.5 Å². The molecule has 1 atom stereocenters. The van der Waals surface area contributed by atoms with Crippen LogP contribution in [0.2, 0.25) is 0 Å². The van der Waals surface area contributed by atoms with E-state index < -0.39 is 9.84 Å². The molecule has 2 heterocycles. The van der Waals surface area contributed by atoms with Gasteiger partial charge in [-0.3, -0.25) is 9.48 Å². The number of nitrogens with one attached hydrogen (secondary N) is 1. The summed E-state index contributed by atoms with van der Waals surface area (Å²) in [5.74, 6) is 0.396. The first kappa shape index (κ1) is 15.0. The van der Waals surface area contributed by atoms with Gasteiger partial charge in [-0.1, -0.05) is 6.92 Å². The summed E-state index contributed by atoms with van der Waals surface area (Å²) in [5.41, 5.74) is 2.78. The van der Waals surface area contributed by atoms with Gasteiger partial charge in [-0.2, -0.15) is 5.10 Å². The molecule has 1 aliphatic heterocycles. The monoisotopic (exact) mass is 299 g/mol. The molecule has 0 spiro atoms. The summed E-state index contributed by atoms with van der Waals surface area (Å²) in [6.07, 6.45) is 1.07. The summed E-state index contributed by atoms with van der Waals surface area (Å²) in [4.78, 5) is 11.3. The highest BCUT2D eigenvalue weighted by atomic mass is 32.2. The molecule has 1 N–H and O–H groups in total. The maximum Gasteiger partial charge on any atom is 0.219 e. The van der Waals surface area contributed by atoms with Crippen molar-refractivity contribution in [3.05, 3.63) is 17.0 Å². The highest BCUT2D eigenvalue weighted by Crippen LogP contribution is 2.26. The zero-order valence-electron chi connectivity index (χ0n) is 12.1. The van der Waals surface area contributed by atoms with E-state index in [1.54, 1.807) is 0 Å². The van der Waals surface area contributed by atoms with Gasteiger partial charge in [-0.15, -0.1) is 0 Å². The largest absolute Gasteiger partial charge is 0.352 e. The van der Waals surface area contributed by atoms with Crippen molar-refractivity contribution in [2.75, 3.05) is 11.5 Å². The predicted molar refractivity (Wildman–Crippen MR) is 76.1 cm³/mol. The molecular weight excluding hydrogens is 278 g/mol. The number of carbonyl (C=O) groups is 1. The quantitative estimate of drug-likeness (QED) is 0.895. The normalized spacial score (nSPS) is 21.1. The van der Waals surface area contributed by atoms with Gasteiger partial charge < -0.3 is 5.32 Å². The van der Waals surface area contributed by atoms with Crippen LogP contribution in [0, 0.1) is 13.8 Å². The third kappa shape index (κ3) is 3.03. The molecule has 0 aromatic carbocycles. The van der Waals surface area contributed by atoms with Gasteiger partial charge in [-0.25, -0.2) is 8.42 Å². The molecule has 1 amide bonds. The molecule has 0 bridgehead atoms. The number of nitrogens with zero attached hydrogens (tertiary/aromatic N) is 2. The van der Waals surface area contributed by atoms with Gasteiger partial charge in [-0.05, 0) is 20.3 Å².